The Balaban J connectivity index is 1.54. The number of para-hydroxylation sites is 2. The number of benzene rings is 2. The van der Waals surface area contributed by atoms with Crippen LogP contribution in [0.25, 0.3) is 22.3 Å². The predicted molar refractivity (Wildman–Crippen MR) is 102 cm³/mol. The molecule has 0 spiro atoms. The van der Waals surface area contributed by atoms with Crippen molar-refractivity contribution in [2.45, 2.75) is 23.7 Å². The van der Waals surface area contributed by atoms with Gasteiger partial charge in [0.25, 0.3) is 5.22 Å². The average Bonchev–Trinajstić information content (AvgIpc) is 3.26. The van der Waals surface area contributed by atoms with Gasteiger partial charge in [0.05, 0.1) is 6.54 Å². The van der Waals surface area contributed by atoms with Crippen LogP contribution in [0.15, 0.2) is 69.3 Å². The van der Waals surface area contributed by atoms with Gasteiger partial charge in [-0.15, -0.1) is 5.10 Å². The monoisotopic (exact) mass is 374 g/mol. The van der Waals surface area contributed by atoms with E-state index in [1.807, 2.05) is 49.4 Å². The molecule has 2 aromatic carbocycles. The molecule has 132 valence electrons. The summed E-state index contributed by atoms with van der Waals surface area (Å²) in [6, 6.07) is 17.8. The molecular weight excluding hydrogens is 360 g/mol. The standard InChI is InChI=1S/C19H14N6OS/c1-12-20-17-16(23-24-25(17)11-13-7-3-2-4-8-13)18(21-12)27-19-22-14-9-5-6-10-15(14)26-19/h2-10H,11H2,1H3. The van der Waals surface area contributed by atoms with Crippen LogP contribution < -0.4 is 0 Å². The van der Waals surface area contributed by atoms with Crippen LogP contribution in [0.5, 0.6) is 0 Å². The van der Waals surface area contributed by atoms with Crippen molar-refractivity contribution in [3.8, 4) is 0 Å². The smallest absolute Gasteiger partial charge is 0.263 e. The fourth-order valence-electron chi connectivity index (χ4n) is 2.85. The number of nitrogens with zero attached hydrogens (tertiary/aromatic N) is 6. The van der Waals surface area contributed by atoms with Crippen LogP contribution >= 0.6 is 11.8 Å². The van der Waals surface area contributed by atoms with E-state index in [4.69, 9.17) is 4.42 Å². The van der Waals surface area contributed by atoms with Gasteiger partial charge in [0, 0.05) is 0 Å². The van der Waals surface area contributed by atoms with E-state index in [-0.39, 0.29) is 0 Å². The van der Waals surface area contributed by atoms with Crippen LogP contribution in [-0.4, -0.2) is 29.9 Å². The van der Waals surface area contributed by atoms with Crippen LogP contribution in [-0.2, 0) is 6.54 Å². The van der Waals surface area contributed by atoms with Gasteiger partial charge in [0.2, 0.25) is 0 Å². The third-order valence-electron chi connectivity index (χ3n) is 4.08. The Kier molecular flexibility index (Phi) is 3.83. The minimum absolute atomic E-state index is 0.521. The second-order valence-electron chi connectivity index (χ2n) is 6.03. The lowest BCUT2D eigenvalue weighted by atomic mass is 10.2. The number of rotatable bonds is 4. The third-order valence-corrected chi connectivity index (χ3v) is 4.90. The molecule has 27 heavy (non-hydrogen) atoms. The van der Waals surface area contributed by atoms with Gasteiger partial charge in [-0.25, -0.2) is 19.6 Å². The fraction of sp³-hybridized carbons (Fsp3) is 0.105. The van der Waals surface area contributed by atoms with Gasteiger partial charge < -0.3 is 4.42 Å². The Hall–Kier alpha value is -3.26. The van der Waals surface area contributed by atoms with Crippen molar-refractivity contribution >= 4 is 34.0 Å². The number of aromatic nitrogens is 6. The average molecular weight is 374 g/mol. The van der Waals surface area contributed by atoms with E-state index < -0.39 is 0 Å². The maximum Gasteiger partial charge on any atom is 0.263 e. The van der Waals surface area contributed by atoms with Crippen molar-refractivity contribution in [3.05, 3.63) is 66.0 Å². The van der Waals surface area contributed by atoms with E-state index >= 15 is 0 Å². The summed E-state index contributed by atoms with van der Waals surface area (Å²) >= 11 is 1.33. The molecule has 0 aliphatic carbocycles. The lowest BCUT2D eigenvalue weighted by Crippen LogP contribution is -2.04. The molecule has 7 nitrogen and oxygen atoms in total. The van der Waals surface area contributed by atoms with E-state index in [9.17, 15) is 0 Å². The first-order chi connectivity index (χ1) is 13.3. The molecule has 0 bridgehead atoms. The molecule has 5 aromatic rings. The summed E-state index contributed by atoms with van der Waals surface area (Å²) in [6.45, 7) is 2.45. The molecular formula is C19H14N6OS. The summed E-state index contributed by atoms with van der Waals surface area (Å²) in [5.74, 6) is 0.651. The fourth-order valence-corrected chi connectivity index (χ4v) is 3.69. The molecule has 0 saturated heterocycles. The molecule has 0 radical (unpaired) electrons. The molecule has 0 unspecified atom stereocenters. The van der Waals surface area contributed by atoms with Gasteiger partial charge in [-0.3, -0.25) is 0 Å². The van der Waals surface area contributed by atoms with Gasteiger partial charge in [-0.05, 0) is 36.4 Å². The largest absolute Gasteiger partial charge is 0.431 e. The highest BCUT2D eigenvalue weighted by atomic mass is 32.2. The third kappa shape index (κ3) is 3.04. The van der Waals surface area contributed by atoms with Gasteiger partial charge in [-0.2, -0.15) is 0 Å². The van der Waals surface area contributed by atoms with E-state index in [1.165, 1.54) is 11.8 Å². The maximum atomic E-state index is 5.80. The highest BCUT2D eigenvalue weighted by molar-refractivity contribution is 7.99. The van der Waals surface area contributed by atoms with Crippen molar-refractivity contribution < 1.29 is 4.42 Å². The van der Waals surface area contributed by atoms with E-state index in [0.717, 1.165) is 16.7 Å². The summed E-state index contributed by atoms with van der Waals surface area (Å²) in [6.07, 6.45) is 0. The molecule has 3 aromatic heterocycles. The topological polar surface area (TPSA) is 82.5 Å². The molecule has 0 saturated carbocycles. The Morgan fingerprint density at radius 3 is 2.63 bits per heavy atom. The maximum absolute atomic E-state index is 5.80. The minimum Gasteiger partial charge on any atom is -0.431 e. The van der Waals surface area contributed by atoms with Gasteiger partial charge in [-0.1, -0.05) is 47.7 Å². The molecule has 3 heterocycles. The molecule has 0 aliphatic rings. The van der Waals surface area contributed by atoms with Gasteiger partial charge in [0.15, 0.2) is 16.7 Å². The first kappa shape index (κ1) is 16.0. The highest BCUT2D eigenvalue weighted by Gasteiger charge is 2.17. The number of hydrogen-bond acceptors (Lipinski definition) is 7. The number of fused-ring (bicyclic) bond motifs is 2. The zero-order valence-electron chi connectivity index (χ0n) is 14.4. The van der Waals surface area contributed by atoms with Crippen molar-refractivity contribution in [3.63, 3.8) is 0 Å². The summed E-state index contributed by atoms with van der Waals surface area (Å²) in [5.41, 5.74) is 4.03. The van der Waals surface area contributed by atoms with Crippen LogP contribution in [0.1, 0.15) is 11.4 Å². The minimum atomic E-state index is 0.521. The van der Waals surface area contributed by atoms with Crippen LogP contribution in [0, 0.1) is 6.92 Å². The lowest BCUT2D eigenvalue weighted by Gasteiger charge is -2.03. The van der Waals surface area contributed by atoms with Crippen molar-refractivity contribution in [2.24, 2.45) is 0 Å². The Bertz CT molecular complexity index is 1210. The summed E-state index contributed by atoms with van der Waals surface area (Å²) in [4.78, 5) is 13.6. The van der Waals surface area contributed by atoms with Crippen LogP contribution in [0.4, 0.5) is 0 Å². The SMILES string of the molecule is Cc1nc(Sc2nc3ccccc3o2)c2nnn(Cc3ccccc3)c2n1. The first-order valence-electron chi connectivity index (χ1n) is 8.41. The molecule has 0 atom stereocenters. The first-order valence-corrected chi connectivity index (χ1v) is 9.23. The number of oxazole rings is 1. The van der Waals surface area contributed by atoms with Gasteiger partial charge >= 0.3 is 0 Å². The quantitative estimate of drug-likeness (QED) is 0.442. The summed E-state index contributed by atoms with van der Waals surface area (Å²) in [7, 11) is 0. The van der Waals surface area contributed by atoms with Crippen molar-refractivity contribution in [1.29, 1.82) is 0 Å². The summed E-state index contributed by atoms with van der Waals surface area (Å²) < 4.78 is 7.59. The molecule has 0 fully saturated rings. The predicted octanol–water partition coefficient (Wildman–Crippen LogP) is 3.87. The molecule has 8 heteroatoms. The van der Waals surface area contributed by atoms with Crippen LogP contribution in [0.2, 0.25) is 0 Å². The van der Waals surface area contributed by atoms with E-state index in [2.05, 4.69) is 37.4 Å². The second-order valence-corrected chi connectivity index (χ2v) is 6.97. The molecule has 0 N–H and O–H groups in total. The summed E-state index contributed by atoms with van der Waals surface area (Å²) in [5, 5.41) is 9.79. The van der Waals surface area contributed by atoms with E-state index in [1.54, 1.807) is 4.68 Å². The molecule has 0 aliphatic heterocycles. The molecule has 0 amide bonds. The van der Waals surface area contributed by atoms with E-state index in [0.29, 0.717) is 33.8 Å². The normalized spacial score (nSPS) is 11.4. The Labute approximate surface area is 158 Å². The zero-order valence-corrected chi connectivity index (χ0v) is 15.2. The van der Waals surface area contributed by atoms with Gasteiger partial charge in [0.1, 0.15) is 16.4 Å². The zero-order chi connectivity index (χ0) is 18.2. The number of aryl methyl sites for hydroxylation is 1. The lowest BCUT2D eigenvalue weighted by molar-refractivity contribution is 0.489. The number of hydrogen-bond donors (Lipinski definition) is 0. The second kappa shape index (κ2) is 6.48. The Morgan fingerprint density at radius 2 is 1.78 bits per heavy atom. The van der Waals surface area contributed by atoms with Crippen LogP contribution in [0.3, 0.4) is 0 Å². The van der Waals surface area contributed by atoms with Crippen molar-refractivity contribution in [1.82, 2.24) is 29.9 Å². The highest BCUT2D eigenvalue weighted by Crippen LogP contribution is 2.32. The Morgan fingerprint density at radius 1 is 0.963 bits per heavy atom. The molecule has 5 rings (SSSR count). The van der Waals surface area contributed by atoms with Crippen molar-refractivity contribution in [2.75, 3.05) is 0 Å².